The number of hydrogen-bond acceptors (Lipinski definition) is 8. The van der Waals surface area contributed by atoms with Gasteiger partial charge in [0.25, 0.3) is 0 Å². The van der Waals surface area contributed by atoms with Gasteiger partial charge in [0.15, 0.2) is 0 Å². The molecule has 3 fully saturated rings. The maximum absolute atomic E-state index is 14.4. The predicted octanol–water partition coefficient (Wildman–Crippen LogP) is 4.44. The molecule has 0 aromatic heterocycles. The molecular formula is C33H33BrN2O8. The average molecular weight is 666 g/mol. The van der Waals surface area contributed by atoms with E-state index < -0.39 is 63.0 Å². The Balaban J connectivity index is 1.51. The molecule has 3 aliphatic carbocycles. The van der Waals surface area contributed by atoms with E-state index in [-0.39, 0.29) is 12.2 Å². The molecule has 7 rings (SSSR count). The number of hydrogen-bond donors (Lipinski definition) is 0. The molecule has 5 aliphatic rings. The number of amides is 4. The highest BCUT2D eigenvalue weighted by Gasteiger charge is 2.81. The van der Waals surface area contributed by atoms with Gasteiger partial charge in [-0.15, -0.1) is 0 Å². The van der Waals surface area contributed by atoms with Crippen molar-refractivity contribution in [1.82, 2.24) is 0 Å². The van der Waals surface area contributed by atoms with Crippen LogP contribution in [0.2, 0.25) is 0 Å². The number of nitrogens with zero attached hydrogens (tertiary/aromatic N) is 2. The van der Waals surface area contributed by atoms with Crippen molar-refractivity contribution >= 4 is 56.9 Å². The van der Waals surface area contributed by atoms with Crippen LogP contribution < -0.4 is 19.3 Å². The summed E-state index contributed by atoms with van der Waals surface area (Å²) in [6, 6.07) is 13.2. The number of anilines is 2. The third-order valence-electron chi connectivity index (χ3n) is 9.59. The van der Waals surface area contributed by atoms with E-state index in [1.807, 2.05) is 13.8 Å². The molecule has 6 atom stereocenters. The Morgan fingerprint density at radius 2 is 1.09 bits per heavy atom. The lowest BCUT2D eigenvalue weighted by Gasteiger charge is -2.59. The Morgan fingerprint density at radius 1 is 0.705 bits per heavy atom. The van der Waals surface area contributed by atoms with Crippen molar-refractivity contribution in [1.29, 1.82) is 0 Å². The molecule has 44 heavy (non-hydrogen) atoms. The molecule has 2 aliphatic heterocycles. The molecule has 0 spiro atoms. The minimum Gasteiger partial charge on any atom is -0.494 e. The van der Waals surface area contributed by atoms with Crippen molar-refractivity contribution in [3.63, 3.8) is 0 Å². The fourth-order valence-corrected chi connectivity index (χ4v) is 9.07. The topological polar surface area (TPSA) is 120 Å². The van der Waals surface area contributed by atoms with Gasteiger partial charge in [-0.3, -0.25) is 19.2 Å². The Labute approximate surface area is 263 Å². The normalized spacial score (nSPS) is 30.6. The summed E-state index contributed by atoms with van der Waals surface area (Å²) in [4.78, 5) is 73.4. The standard InChI is InChI=1S/C33H33BrN2O8/c1-6-42-20-13-9-18(10-14-20)35-27(37)23-25(29(35)39)33(34)17(4)22(31(41)44-8-3)32(23,5)24-26(33)30(40)36(28(24)38)19-11-15-21(16-12-19)43-7-2/h9-16,23-26H,6-8H2,1-5H3/t23-,24+,25-,26+,32?,33?. The van der Waals surface area contributed by atoms with Crippen molar-refractivity contribution in [3.05, 3.63) is 59.7 Å². The van der Waals surface area contributed by atoms with Gasteiger partial charge in [0.05, 0.1) is 59.2 Å². The van der Waals surface area contributed by atoms with Gasteiger partial charge in [0, 0.05) is 11.0 Å². The van der Waals surface area contributed by atoms with E-state index in [1.165, 1.54) is 0 Å². The van der Waals surface area contributed by atoms with Crippen molar-refractivity contribution in [3.8, 4) is 11.5 Å². The minimum atomic E-state index is -1.51. The first kappa shape index (κ1) is 30.1. The molecule has 0 radical (unpaired) electrons. The second kappa shape index (κ2) is 10.6. The first-order chi connectivity index (χ1) is 21.0. The monoisotopic (exact) mass is 664 g/mol. The molecule has 2 saturated heterocycles. The van der Waals surface area contributed by atoms with Gasteiger partial charge in [-0.1, -0.05) is 22.9 Å². The van der Waals surface area contributed by atoms with Crippen LogP contribution in [0.25, 0.3) is 0 Å². The van der Waals surface area contributed by atoms with E-state index >= 15 is 0 Å². The van der Waals surface area contributed by atoms with Crippen LogP contribution in [0.4, 0.5) is 11.4 Å². The van der Waals surface area contributed by atoms with Gasteiger partial charge in [-0.05, 0) is 81.8 Å². The van der Waals surface area contributed by atoms with Crippen molar-refractivity contribution in [2.75, 3.05) is 29.6 Å². The molecule has 11 heteroatoms. The highest BCUT2D eigenvalue weighted by molar-refractivity contribution is 9.10. The zero-order valence-corrected chi connectivity index (χ0v) is 26.7. The van der Waals surface area contributed by atoms with Gasteiger partial charge in [0.2, 0.25) is 23.6 Å². The zero-order chi connectivity index (χ0) is 31.7. The zero-order valence-electron chi connectivity index (χ0n) is 25.1. The Morgan fingerprint density at radius 3 is 1.45 bits per heavy atom. The lowest BCUT2D eigenvalue weighted by Crippen LogP contribution is -2.67. The summed E-state index contributed by atoms with van der Waals surface area (Å²) >= 11 is 3.79. The summed E-state index contributed by atoms with van der Waals surface area (Å²) in [5.41, 5.74) is -0.258. The number of benzene rings is 2. The van der Waals surface area contributed by atoms with E-state index in [2.05, 4.69) is 15.9 Å². The quantitative estimate of drug-likeness (QED) is 0.231. The molecule has 2 heterocycles. The van der Waals surface area contributed by atoms with Crippen LogP contribution in [-0.4, -0.2) is 53.7 Å². The lowest BCUT2D eigenvalue weighted by molar-refractivity contribution is -0.152. The summed E-state index contributed by atoms with van der Waals surface area (Å²) in [7, 11) is 0. The van der Waals surface area contributed by atoms with Crippen LogP contribution >= 0.6 is 15.9 Å². The molecule has 10 nitrogen and oxygen atoms in total. The van der Waals surface area contributed by atoms with Crippen molar-refractivity contribution in [2.45, 2.75) is 38.9 Å². The molecular weight excluding hydrogens is 632 g/mol. The number of esters is 1. The van der Waals surface area contributed by atoms with Crippen LogP contribution in [0.5, 0.6) is 11.5 Å². The molecule has 230 valence electrons. The fourth-order valence-electron chi connectivity index (χ4n) is 7.96. The molecule has 2 bridgehead atoms. The van der Waals surface area contributed by atoms with Crippen molar-refractivity contribution in [2.24, 2.45) is 29.1 Å². The first-order valence-electron chi connectivity index (χ1n) is 14.8. The second-order valence-electron chi connectivity index (χ2n) is 11.6. The number of rotatable bonds is 8. The summed E-state index contributed by atoms with van der Waals surface area (Å²) in [5.74, 6) is -5.92. The highest BCUT2D eigenvalue weighted by Crippen LogP contribution is 2.72. The van der Waals surface area contributed by atoms with Gasteiger partial charge < -0.3 is 14.2 Å². The fraction of sp³-hybridized carbons (Fsp3) is 0.424. The second-order valence-corrected chi connectivity index (χ2v) is 12.9. The van der Waals surface area contributed by atoms with Crippen LogP contribution in [0.1, 0.15) is 34.6 Å². The number of carbonyl (C=O) groups excluding carboxylic acids is 5. The maximum Gasteiger partial charge on any atom is 0.334 e. The molecule has 0 N–H and O–H groups in total. The average Bonchev–Trinajstić information content (AvgIpc) is 3.43. The Kier molecular flexibility index (Phi) is 7.22. The van der Waals surface area contributed by atoms with E-state index in [0.717, 1.165) is 9.80 Å². The number of halogens is 1. The number of imide groups is 2. The number of alkyl halides is 1. The Hall–Kier alpha value is -3.99. The molecule has 2 aromatic rings. The number of allylic oxidation sites excluding steroid dienone is 1. The van der Waals surface area contributed by atoms with Crippen LogP contribution in [0, 0.1) is 29.1 Å². The van der Waals surface area contributed by atoms with Crippen LogP contribution in [0.3, 0.4) is 0 Å². The van der Waals surface area contributed by atoms with E-state index in [9.17, 15) is 24.0 Å². The van der Waals surface area contributed by atoms with E-state index in [4.69, 9.17) is 14.2 Å². The molecule has 2 unspecified atom stereocenters. The third-order valence-corrected chi connectivity index (χ3v) is 11.2. The van der Waals surface area contributed by atoms with Gasteiger partial charge in [-0.25, -0.2) is 14.6 Å². The van der Waals surface area contributed by atoms with Crippen molar-refractivity contribution < 1.29 is 38.2 Å². The molecule has 4 amide bonds. The third kappa shape index (κ3) is 3.80. The lowest BCUT2D eigenvalue weighted by atomic mass is 9.43. The summed E-state index contributed by atoms with van der Waals surface area (Å²) < 4.78 is 15.0. The SMILES string of the molecule is CCOC(=O)C1=C(C)C2(Br)[C@@H]3C(=O)N(c4ccc(OCC)cc4)C(=O)[C@H]3C1(C)[C@H]1C(=O)N(c3ccc(OCC)cc3)C(=O)[C@@H]12. The smallest absolute Gasteiger partial charge is 0.334 e. The van der Waals surface area contributed by atoms with E-state index in [0.29, 0.717) is 41.7 Å². The van der Waals surface area contributed by atoms with Gasteiger partial charge in [-0.2, -0.15) is 0 Å². The first-order valence-corrected chi connectivity index (χ1v) is 15.6. The van der Waals surface area contributed by atoms with E-state index in [1.54, 1.807) is 69.3 Å². The van der Waals surface area contributed by atoms with Crippen LogP contribution in [-0.2, 0) is 28.7 Å². The summed E-state index contributed by atoms with van der Waals surface area (Å²) in [6.45, 7) is 9.69. The van der Waals surface area contributed by atoms with Gasteiger partial charge in [0.1, 0.15) is 11.5 Å². The largest absolute Gasteiger partial charge is 0.494 e. The summed E-state index contributed by atoms with van der Waals surface area (Å²) in [6.07, 6.45) is 0. The molecule has 1 saturated carbocycles. The highest BCUT2D eigenvalue weighted by atomic mass is 79.9. The maximum atomic E-state index is 14.4. The number of carbonyl (C=O) groups is 5. The summed E-state index contributed by atoms with van der Waals surface area (Å²) in [5, 5.41) is 0. The minimum absolute atomic E-state index is 0.0690. The predicted molar refractivity (Wildman–Crippen MR) is 163 cm³/mol. The molecule has 2 aromatic carbocycles. The Bertz CT molecular complexity index is 1520. The van der Waals surface area contributed by atoms with Gasteiger partial charge >= 0.3 is 5.97 Å². The number of ether oxygens (including phenoxy) is 3. The van der Waals surface area contributed by atoms with Crippen LogP contribution in [0.15, 0.2) is 59.7 Å².